The van der Waals surface area contributed by atoms with Gasteiger partial charge in [-0.1, -0.05) is 58.0 Å². The molecule has 12 nitrogen and oxygen atoms in total. The number of urea groups is 1. The van der Waals surface area contributed by atoms with Crippen LogP contribution in [0.4, 0.5) is 10.5 Å². The average molecular weight is 687 g/mol. The van der Waals surface area contributed by atoms with Gasteiger partial charge in [-0.25, -0.2) is 18.2 Å². The van der Waals surface area contributed by atoms with Crippen LogP contribution in [0.15, 0.2) is 58.8 Å². The maximum Gasteiger partial charge on any atom is 0.321 e. The van der Waals surface area contributed by atoms with Gasteiger partial charge in [-0.2, -0.15) is 4.31 Å². The van der Waals surface area contributed by atoms with Crippen molar-refractivity contribution in [2.75, 3.05) is 31.9 Å². The molecule has 5 N–H and O–H groups in total. The number of nitrogens with two attached hydrogens (primary N) is 1. The molecule has 0 radical (unpaired) electrons. The number of aryl methyl sites for hydroxylation is 1. The molecule has 3 atom stereocenters. The molecule has 0 bridgehead atoms. The second-order valence-corrected chi connectivity index (χ2v) is 15.8. The first-order valence-corrected chi connectivity index (χ1v) is 18.1. The van der Waals surface area contributed by atoms with Crippen LogP contribution in [0.1, 0.15) is 44.0 Å². The molecule has 1 aliphatic heterocycles. The summed E-state index contributed by atoms with van der Waals surface area (Å²) in [5.74, 6) is -0.990. The lowest BCUT2D eigenvalue weighted by molar-refractivity contribution is -0.128. The number of nitrogens with zero attached hydrogens (tertiary/aromatic N) is 4. The monoisotopic (exact) mass is 686 g/mol. The van der Waals surface area contributed by atoms with Crippen LogP contribution >= 0.6 is 11.3 Å². The molecule has 2 aromatic carbocycles. The Morgan fingerprint density at radius 3 is 2.40 bits per heavy atom. The summed E-state index contributed by atoms with van der Waals surface area (Å²) < 4.78 is 28.7. The summed E-state index contributed by atoms with van der Waals surface area (Å²) in [6.45, 7) is 10.3. The molecule has 1 aromatic heterocycles. The number of hydrogen-bond donors (Lipinski definition) is 4. The molecule has 1 aliphatic rings. The van der Waals surface area contributed by atoms with Crippen LogP contribution in [0.5, 0.6) is 5.75 Å². The molecule has 14 heteroatoms. The van der Waals surface area contributed by atoms with Crippen LogP contribution in [-0.4, -0.2) is 94.0 Å². The van der Waals surface area contributed by atoms with Crippen molar-refractivity contribution in [1.82, 2.24) is 24.4 Å². The maximum atomic E-state index is 14.0. The smallest absolute Gasteiger partial charge is 0.321 e. The van der Waals surface area contributed by atoms with E-state index in [4.69, 9.17) is 5.73 Å². The summed E-state index contributed by atoms with van der Waals surface area (Å²) in [6, 6.07) is 11.0. The average Bonchev–Trinajstić information content (AvgIpc) is 3.58. The fourth-order valence-electron chi connectivity index (χ4n) is 5.76. The number of aliphatic hydroxyl groups excluding tert-OH is 1. The number of carbonyl (C=O) groups excluding carboxylic acids is 2. The van der Waals surface area contributed by atoms with Crippen molar-refractivity contribution in [3.05, 3.63) is 70.2 Å². The molecular weight excluding hydrogens is 641 g/mol. The van der Waals surface area contributed by atoms with Crippen molar-refractivity contribution in [2.24, 2.45) is 11.8 Å². The number of phenols is 1. The number of phenolic OH excluding ortho intramolecular Hbond substituents is 1. The number of carbonyl (C=O) groups is 2. The standard InChI is InChI=1S/C33H46N6O6S2/c1-21(2)17-38(47(44,45)26-11-12-29(40)27(34)16-26)19-30(41)28(15-24-9-7-6-8-10-24)36-32(42)31(22(3)4)39-14-13-37(33(39)43)18-25-20-46-23(5)35-25/h6-12,16,20-22,28,30-31,40-41H,13-15,17-19,34H2,1-5H3,(H,36,42)/t28-,30+,31?/m0/s1. The summed E-state index contributed by atoms with van der Waals surface area (Å²) in [5, 5.41) is 27.4. The molecule has 3 amide bonds. The van der Waals surface area contributed by atoms with Crippen LogP contribution in [0.25, 0.3) is 0 Å². The van der Waals surface area contributed by atoms with Gasteiger partial charge >= 0.3 is 6.03 Å². The normalized spacial score (nSPS) is 15.9. The van der Waals surface area contributed by atoms with Crippen LogP contribution in [-0.2, 0) is 27.8 Å². The first-order chi connectivity index (χ1) is 22.2. The molecule has 0 saturated carbocycles. The van der Waals surface area contributed by atoms with E-state index in [9.17, 15) is 28.2 Å². The van der Waals surface area contributed by atoms with Crippen LogP contribution in [0.2, 0.25) is 0 Å². The summed E-state index contributed by atoms with van der Waals surface area (Å²) >= 11 is 1.52. The minimum atomic E-state index is -4.14. The molecule has 3 aromatic rings. The summed E-state index contributed by atoms with van der Waals surface area (Å²) in [7, 11) is -4.14. The Kier molecular flexibility index (Phi) is 11.9. The van der Waals surface area contributed by atoms with Crippen LogP contribution < -0.4 is 11.1 Å². The molecule has 1 fully saturated rings. The molecule has 4 rings (SSSR count). The number of aliphatic hydroxyl groups is 1. The van der Waals surface area contributed by atoms with E-state index in [2.05, 4.69) is 10.3 Å². The van der Waals surface area contributed by atoms with Gasteiger partial charge in [0.25, 0.3) is 0 Å². The van der Waals surface area contributed by atoms with Gasteiger partial charge in [0.1, 0.15) is 11.8 Å². The van der Waals surface area contributed by atoms with E-state index in [-0.39, 0.29) is 53.7 Å². The number of aromatic nitrogens is 1. The van der Waals surface area contributed by atoms with Crippen LogP contribution in [0, 0.1) is 18.8 Å². The zero-order valence-electron chi connectivity index (χ0n) is 27.5. The van der Waals surface area contributed by atoms with Gasteiger partial charge in [-0.3, -0.25) is 4.79 Å². The van der Waals surface area contributed by atoms with Gasteiger partial charge in [0, 0.05) is 31.6 Å². The lowest BCUT2D eigenvalue weighted by Gasteiger charge is -2.34. The Morgan fingerprint density at radius 2 is 1.81 bits per heavy atom. The third kappa shape index (κ3) is 9.01. The number of nitrogens with one attached hydrogen (secondary N) is 1. The predicted octanol–water partition coefficient (Wildman–Crippen LogP) is 3.44. The zero-order valence-corrected chi connectivity index (χ0v) is 29.2. The number of benzene rings is 2. The molecular formula is C33H46N6O6S2. The number of amides is 3. The molecule has 2 heterocycles. The van der Waals surface area contributed by atoms with E-state index in [1.807, 2.05) is 70.3 Å². The minimum Gasteiger partial charge on any atom is -0.506 e. The Hall–Kier alpha value is -3.72. The van der Waals surface area contributed by atoms with Crippen molar-refractivity contribution in [2.45, 2.75) is 70.7 Å². The van der Waals surface area contributed by atoms with Crippen molar-refractivity contribution in [3.63, 3.8) is 0 Å². The topological polar surface area (TPSA) is 169 Å². The zero-order chi connectivity index (χ0) is 34.5. The van der Waals surface area contributed by atoms with E-state index >= 15 is 0 Å². The number of rotatable bonds is 15. The fraction of sp³-hybridized carbons (Fsp3) is 0.485. The quantitative estimate of drug-likeness (QED) is 0.139. The fourth-order valence-corrected chi connectivity index (χ4v) is 8.02. The third-order valence-corrected chi connectivity index (χ3v) is 10.7. The number of nitrogen functional groups attached to an aromatic ring is 1. The van der Waals surface area contributed by atoms with Gasteiger partial charge in [0.05, 0.1) is 40.0 Å². The van der Waals surface area contributed by atoms with E-state index in [0.717, 1.165) is 16.3 Å². The van der Waals surface area contributed by atoms with Crippen LogP contribution in [0.3, 0.4) is 0 Å². The van der Waals surface area contributed by atoms with Crippen molar-refractivity contribution >= 4 is 39.0 Å². The minimum absolute atomic E-state index is 0.0817. The number of hydrogen-bond acceptors (Lipinski definition) is 9. The van der Waals surface area contributed by atoms with E-state index in [1.54, 1.807) is 9.80 Å². The van der Waals surface area contributed by atoms with Gasteiger partial charge in [-0.15, -0.1) is 11.3 Å². The second kappa shape index (κ2) is 15.5. The van der Waals surface area contributed by atoms with E-state index < -0.39 is 34.1 Å². The number of anilines is 1. The van der Waals surface area contributed by atoms with Gasteiger partial charge < -0.3 is 31.1 Å². The van der Waals surface area contributed by atoms with E-state index in [0.29, 0.717) is 19.6 Å². The lowest BCUT2D eigenvalue weighted by Crippen LogP contribution is -2.57. The maximum absolute atomic E-state index is 14.0. The summed E-state index contributed by atoms with van der Waals surface area (Å²) in [6.07, 6.45) is -1.09. The molecule has 1 saturated heterocycles. The molecule has 256 valence electrons. The highest BCUT2D eigenvalue weighted by atomic mass is 32.2. The highest BCUT2D eigenvalue weighted by molar-refractivity contribution is 7.89. The highest BCUT2D eigenvalue weighted by Gasteiger charge is 2.40. The highest BCUT2D eigenvalue weighted by Crippen LogP contribution is 2.27. The Labute approximate surface area is 281 Å². The Balaban J connectivity index is 1.58. The Bertz CT molecular complexity index is 1630. The lowest BCUT2D eigenvalue weighted by atomic mass is 9.97. The molecule has 1 unspecified atom stereocenters. The first-order valence-electron chi connectivity index (χ1n) is 15.7. The van der Waals surface area contributed by atoms with Gasteiger partial charge in [-0.05, 0) is 48.9 Å². The van der Waals surface area contributed by atoms with Gasteiger partial charge in [0.15, 0.2) is 0 Å². The van der Waals surface area contributed by atoms with Crippen molar-refractivity contribution < 1.29 is 28.2 Å². The SMILES string of the molecule is Cc1nc(CN2CCN(C(C(=O)N[C@@H](Cc3ccccc3)[C@H](O)CN(CC(C)C)S(=O)(=O)c3ccc(O)c(N)c3)C(C)C)C2=O)cs1. The van der Waals surface area contributed by atoms with E-state index in [1.165, 1.54) is 33.8 Å². The molecule has 0 aliphatic carbocycles. The number of thiazole rings is 1. The first kappa shape index (κ1) is 36.1. The Morgan fingerprint density at radius 1 is 1.11 bits per heavy atom. The van der Waals surface area contributed by atoms with Crippen molar-refractivity contribution in [1.29, 1.82) is 0 Å². The molecule has 47 heavy (non-hydrogen) atoms. The number of sulfonamides is 1. The van der Waals surface area contributed by atoms with Crippen molar-refractivity contribution in [3.8, 4) is 5.75 Å². The number of aromatic hydroxyl groups is 1. The second-order valence-electron chi connectivity index (χ2n) is 12.8. The predicted molar refractivity (Wildman–Crippen MR) is 182 cm³/mol. The summed E-state index contributed by atoms with van der Waals surface area (Å²) in [4.78, 5) is 35.1. The third-order valence-electron chi connectivity index (χ3n) is 8.07. The summed E-state index contributed by atoms with van der Waals surface area (Å²) in [5.41, 5.74) is 7.36. The largest absolute Gasteiger partial charge is 0.506 e. The van der Waals surface area contributed by atoms with Gasteiger partial charge in [0.2, 0.25) is 15.9 Å². The molecule has 0 spiro atoms.